The van der Waals surface area contributed by atoms with Crippen LogP contribution in [0.15, 0.2) is 139 Å². The van der Waals surface area contributed by atoms with E-state index in [9.17, 15) is 68.5 Å². The van der Waals surface area contributed by atoms with Crippen LogP contribution >= 0.6 is 0 Å². The van der Waals surface area contributed by atoms with E-state index in [1.54, 1.807) is 0 Å². The monoisotopic (exact) mass is 917 g/mol. The molecule has 0 atom stereocenters. The largest absolute Gasteiger partial charge is 0.208 e. The van der Waals surface area contributed by atoms with Gasteiger partial charge in [-0.2, -0.15) is 0 Å². The minimum atomic E-state index is -9.38. The molecule has 1 aromatic heterocycles. The number of hydrogen-bond acceptors (Lipinski definition) is 3. The number of benzene rings is 5. The molecule has 0 bridgehead atoms. The molecule has 62 heavy (non-hydrogen) atoms. The Morgan fingerprint density at radius 2 is 0.613 bits per heavy atom. The molecule has 5 aromatic carbocycles. The third-order valence-electron chi connectivity index (χ3n) is 9.06. The van der Waals surface area contributed by atoms with Crippen LogP contribution in [-0.2, 0) is 0 Å². The van der Waals surface area contributed by atoms with Crippen molar-refractivity contribution in [1.29, 1.82) is 0 Å². The van der Waals surface area contributed by atoms with Crippen molar-refractivity contribution in [3.63, 3.8) is 0 Å². The molecule has 318 valence electrons. The zero-order chi connectivity index (χ0) is 101. The fourth-order valence-corrected chi connectivity index (χ4v) is 13.6. The van der Waals surface area contributed by atoms with Crippen LogP contribution in [0.25, 0.3) is 34.2 Å². The van der Waals surface area contributed by atoms with Gasteiger partial charge in [0.15, 0.2) is 17.5 Å². The average molecular weight is 918 g/mol. The standard InChI is InChI=1S/C57H67N3Si2/c1-8-24-44(25-9-1)55-58-56(45-26-22-40-53(42-45)61(47-28-10-2-11-29-47,48-30-12-3-13-31-48)49-32-14-4-15-33-49)60-57(59-55)46-27-23-41-54(43-46)62(50-34-16-5-17-35-50,51-36-18-6-19-37-51)52-38-20-7-21-39-52/h1-2,5,8-11,16-17,22-29,34-35,40-43,48-49,51-52H,3-4,6-7,12-15,18-21,30-33,36-39H2/i1D,2D,3D2,4D2,5D,6D2,7D2,8D,9D,10D,11D,12D2,13D2,14D2,15D2,16D,17D,18D2,19D2,20D2,21D2,22D,23D,24D,25D,26D,27D,28D,29D,30D2,31D2,32D2,33D2,34D,35D,36D2,37D2,38D2,39D2,40D,41D,42D,43D,48D,49D,51D,52D. The van der Waals surface area contributed by atoms with Gasteiger partial charge in [-0.1, -0.05) is 287 Å². The zero-order valence-electron chi connectivity index (χ0n) is 97.8. The van der Waals surface area contributed by atoms with Crippen LogP contribution in [0.3, 0.4) is 0 Å². The molecule has 6 aromatic rings. The highest BCUT2D eigenvalue weighted by Crippen LogP contribution is 2.50. The fraction of sp³-hybridized carbons (Fsp3) is 0.421. The molecule has 4 fully saturated rings. The Balaban J connectivity index is 1.67. The molecule has 10 rings (SSSR count). The van der Waals surface area contributed by atoms with Crippen molar-refractivity contribution in [1.82, 2.24) is 15.0 Å². The first-order valence-corrected chi connectivity index (χ1v) is 21.6. The lowest BCUT2D eigenvalue weighted by Crippen LogP contribution is -2.65. The number of nitrogens with zero attached hydrogens (tertiary/aromatic N) is 3. The molecule has 4 aliphatic carbocycles. The highest BCUT2D eigenvalue weighted by atomic mass is 28.3. The van der Waals surface area contributed by atoms with Crippen LogP contribution in [-0.4, -0.2) is 31.1 Å². The Labute approximate surface area is 468 Å². The maximum Gasteiger partial charge on any atom is 0.164 e. The zero-order valence-corrected chi connectivity index (χ0v) is 32.8. The lowest BCUT2D eigenvalue weighted by Gasteiger charge is -2.48. The van der Waals surface area contributed by atoms with E-state index in [0.29, 0.717) is 0 Å². The first-order chi connectivity index (χ1) is 56.9. The van der Waals surface area contributed by atoms with Gasteiger partial charge in [0.05, 0.1) is 31.5 Å². The van der Waals surface area contributed by atoms with Crippen molar-refractivity contribution < 1.29 is 91.8 Å². The summed E-state index contributed by atoms with van der Waals surface area (Å²) in [5.41, 5.74) is -30.4. The Morgan fingerprint density at radius 3 is 0.952 bits per heavy atom. The summed E-state index contributed by atoms with van der Waals surface area (Å²) >= 11 is 0. The number of hydrogen-bond donors (Lipinski definition) is 0. The lowest BCUT2D eigenvalue weighted by atomic mass is 9.99. The Hall–Kier alpha value is -4.46. The normalized spacial score (nSPS) is 53.0. The van der Waals surface area contributed by atoms with Gasteiger partial charge >= 0.3 is 0 Å². The average Bonchev–Trinajstić information content (AvgIpc) is 0.616. The van der Waals surface area contributed by atoms with Crippen molar-refractivity contribution in [2.75, 3.05) is 0 Å². The van der Waals surface area contributed by atoms with Crippen LogP contribution in [0.5, 0.6) is 0 Å². The molecular weight excluding hydrogens is 783 g/mol. The lowest BCUT2D eigenvalue weighted by molar-refractivity contribution is 0.459. The number of aromatic nitrogens is 3. The second-order valence-corrected chi connectivity index (χ2v) is 19.3. The van der Waals surface area contributed by atoms with E-state index >= 15 is 0 Å². The SMILES string of the molecule is [2H]c1c([2H])c([2H])c(-c2nc(-c3c([2H])c([2H])c([2H])c([Si](c4c([2H])c([2H])c([2H])c([2H])c4[2H])(C4([2H])C([2H])([2H])C([2H])([2H])C([2H])([2H])C([2H])([2H])C4([2H])[2H])C4([2H])C([2H])([2H])C([2H])([2H])C([2H])([2H])C([2H])([2H])C4([2H])[2H])c3[2H])nc(-c3c([2H])c([2H])c([2H])c([Si](c4c([2H])c([2H])c([2H])c([2H])c4[2H])(C4([2H])C([2H])([2H])C([2H])([2H])C([2H])([2H])C([2H])([2H])C4([2H])[2H])C4([2H])C([2H])([2H])C([2H])([2H])C([2H])([2H])C([2H])([2H])C4([2H])[2H])c3[2H])n2)c([2H])c1[2H]. The molecule has 4 saturated carbocycles. The molecule has 3 nitrogen and oxygen atoms in total. The van der Waals surface area contributed by atoms with Gasteiger partial charge in [-0.25, -0.2) is 15.0 Å². The van der Waals surface area contributed by atoms with Crippen LogP contribution < -0.4 is 20.7 Å². The molecule has 0 unspecified atom stereocenters. The summed E-state index contributed by atoms with van der Waals surface area (Å²) in [4.78, 5) is 11.9. The minimum absolute atomic E-state index is 1.43. The van der Waals surface area contributed by atoms with E-state index in [4.69, 9.17) is 23.3 Å². The highest BCUT2D eigenvalue weighted by Gasteiger charge is 2.52. The molecule has 4 aliphatic rings. The molecule has 0 N–H and O–H groups in total. The van der Waals surface area contributed by atoms with Crippen molar-refractivity contribution >= 4 is 36.9 Å². The second-order valence-electron chi connectivity index (χ2n) is 12.3. The summed E-state index contributed by atoms with van der Waals surface area (Å²) in [6, 6.07) is -48.9. The minimum Gasteiger partial charge on any atom is -0.208 e. The smallest absolute Gasteiger partial charge is 0.164 e. The third-order valence-corrected chi connectivity index (χ3v) is 17.1. The summed E-state index contributed by atoms with van der Waals surface area (Å²) in [6.07, 6.45) is -108. The molecule has 0 saturated heterocycles. The van der Waals surface area contributed by atoms with E-state index in [1.807, 2.05) is 0 Å². The predicted molar refractivity (Wildman–Crippen MR) is 266 cm³/mol. The first-order valence-electron chi connectivity index (χ1n) is 51.1. The Morgan fingerprint density at radius 1 is 0.339 bits per heavy atom. The molecule has 0 aliphatic heterocycles. The summed E-state index contributed by atoms with van der Waals surface area (Å²) in [5, 5.41) is -10.9. The molecule has 0 radical (unpaired) electrons. The van der Waals surface area contributed by atoms with Crippen molar-refractivity contribution in [3.05, 3.63) is 139 Å². The maximum absolute atomic E-state index is 11.0. The topological polar surface area (TPSA) is 38.7 Å². The van der Waals surface area contributed by atoms with E-state index in [0.717, 1.165) is 0 Å². The molecule has 5 heteroatoms. The Kier molecular flexibility index (Phi) is 3.18. The van der Waals surface area contributed by atoms with Gasteiger partial charge < -0.3 is 0 Å². The summed E-state index contributed by atoms with van der Waals surface area (Å²) < 4.78 is 642. The highest BCUT2D eigenvalue weighted by molar-refractivity contribution is 7.05. The van der Waals surface area contributed by atoms with Crippen molar-refractivity contribution in [3.8, 4) is 34.2 Å². The van der Waals surface area contributed by atoms with Crippen molar-refractivity contribution in [2.24, 2.45) is 0 Å². The molecular formula is C57H67N3Si2. The second kappa shape index (κ2) is 19.1. The van der Waals surface area contributed by atoms with Gasteiger partial charge in [0.2, 0.25) is 0 Å². The quantitative estimate of drug-likeness (QED) is 0.122. The first kappa shape index (κ1) is 10.3. The van der Waals surface area contributed by atoms with Gasteiger partial charge in [0, 0.05) is 77.0 Å². The van der Waals surface area contributed by atoms with E-state index in [2.05, 4.69) is 15.0 Å². The fourth-order valence-electron chi connectivity index (χ4n) is 6.48. The predicted octanol–water partition coefficient (Wildman–Crippen LogP) is 13.3. The van der Waals surface area contributed by atoms with Crippen molar-refractivity contribution in [2.45, 2.75) is 150 Å². The van der Waals surface area contributed by atoms with Crippen LogP contribution in [0.4, 0.5) is 0 Å². The van der Waals surface area contributed by atoms with Gasteiger partial charge in [0.1, 0.15) is 16.1 Å². The van der Waals surface area contributed by atoms with E-state index < -0.39 is 360 Å². The van der Waals surface area contributed by atoms with Gasteiger partial charge in [-0.05, 0) is 22.1 Å². The van der Waals surface area contributed by atoms with E-state index in [1.165, 1.54) is 0 Å². The van der Waals surface area contributed by atoms with E-state index in [-0.39, 0.29) is 0 Å². The third kappa shape index (κ3) is 8.02. The van der Waals surface area contributed by atoms with Crippen LogP contribution in [0.1, 0.15) is 219 Å². The molecule has 0 spiro atoms. The van der Waals surface area contributed by atoms with Gasteiger partial charge in [-0.3, -0.25) is 0 Å². The number of rotatable bonds is 11. The van der Waals surface area contributed by atoms with Crippen LogP contribution in [0, 0.1) is 0 Å². The summed E-state index contributed by atoms with van der Waals surface area (Å²) in [5.74, 6) is -6.40. The van der Waals surface area contributed by atoms with Gasteiger partial charge in [0.25, 0.3) is 0 Å². The molecule has 0 amide bonds. The molecule has 1 heterocycles. The maximum atomic E-state index is 11.0. The summed E-state index contributed by atoms with van der Waals surface area (Å²) in [6.45, 7) is 0. The van der Waals surface area contributed by atoms with Gasteiger partial charge in [-0.15, -0.1) is 0 Å². The summed E-state index contributed by atoms with van der Waals surface area (Å²) in [7, 11) is -18.8. The Bertz CT molecular complexity index is 5170. The van der Waals surface area contributed by atoms with Crippen LogP contribution in [0.2, 0.25) is 22.1 Å².